The Morgan fingerprint density at radius 3 is 1.69 bits per heavy atom. The fraction of sp³-hybridized carbons (Fsp3) is 0.540. The van der Waals surface area contributed by atoms with Crippen molar-refractivity contribution in [3.8, 4) is 0 Å². The molecule has 4 aliphatic rings. The molecule has 18 nitrogen and oxygen atoms in total. The van der Waals surface area contributed by atoms with Crippen LogP contribution >= 0.6 is 0 Å². The number of nitrogens with one attached hydrogen (secondary N) is 4. The van der Waals surface area contributed by atoms with Crippen molar-refractivity contribution in [2.24, 2.45) is 5.73 Å². The Kier molecular flexibility index (Phi) is 23.9. The maximum atomic E-state index is 13.1. The molecule has 6 aromatic heterocycles. The van der Waals surface area contributed by atoms with Crippen LogP contribution in [0, 0.1) is 0 Å². The van der Waals surface area contributed by atoms with Crippen LogP contribution in [0.4, 0.5) is 86.3 Å². The summed E-state index contributed by atoms with van der Waals surface area (Å²) in [5.74, 6) is 4.32. The van der Waals surface area contributed by atoms with E-state index in [0.717, 1.165) is 169 Å². The summed E-state index contributed by atoms with van der Waals surface area (Å²) in [6.07, 6.45) is 2.29. The maximum Gasteiger partial charge on any atom is 0.416 e. The standard InChI is InChI=1S/C22H28F3N5.C21H29F3N6O.C20H25F3N6/c1-5-15(4)30-10-6-7-16(13-30)18-12-20(29-21(27-18)14(2)3)28-19-11-17(8-9-26-19)22(23,24)25;1-2-3-4-15(5-7-25)17-14-19(29-20(27-17)30-9-11-31-12-10-30)28-18-13-16(6-8-26-18)21(22,23)24;1-13-3-2-10-29(13)19-26-16(14-4-7-24-8-5-14)12-18(28-19)27-17-11-15(6-9-25-17)20(21,22)23/h5,8-9,11-12,14,16H,6-7,10,13H2,1-4H3,(H,26,27,28,29);6,8,13-15H,2-5,7,9-12,25H2,1H3,(H,26,27,28,29);6,9,11-14,24H,2-5,7-8,10H2,1H3,(H,25,26,27,28)/b15-5+;;/t;;13-/m..1/s1. The lowest BCUT2D eigenvalue weighted by Gasteiger charge is -2.35. The molecule has 0 saturated carbocycles. The van der Waals surface area contributed by atoms with Crippen LogP contribution in [0.25, 0.3) is 0 Å². The third kappa shape index (κ3) is 19.5. The number of ether oxygens (including phenoxy) is 1. The predicted octanol–water partition coefficient (Wildman–Crippen LogP) is 14.0. The van der Waals surface area contributed by atoms with E-state index in [2.05, 4.69) is 87.8 Å². The van der Waals surface area contributed by atoms with Crippen molar-refractivity contribution in [3.63, 3.8) is 0 Å². The SMILES string of the molecule is C/C=C(\C)N1CCCC(c2cc(Nc3cc(C(F)(F)F)ccn3)nc(C(C)C)n2)C1.CCCCC(CCN)c1cc(Nc2cc(C(F)(F)F)ccn2)nc(N2CCOCC2)n1.C[C@@H]1CCCN1c1nc(Nc2cc(C(F)(F)F)ccn2)cc(C2CCNCC2)n1. The molecule has 6 N–H and O–H groups in total. The topological polar surface area (TPSA) is 209 Å². The molecule has 488 valence electrons. The molecule has 4 fully saturated rings. The molecule has 0 aliphatic carbocycles. The fourth-order valence-electron chi connectivity index (χ4n) is 11.1. The van der Waals surface area contributed by atoms with E-state index in [1.807, 2.05) is 37.8 Å². The predicted molar refractivity (Wildman–Crippen MR) is 331 cm³/mol. The van der Waals surface area contributed by atoms with Crippen LogP contribution < -0.4 is 36.8 Å². The second kappa shape index (κ2) is 31.5. The highest BCUT2D eigenvalue weighted by molar-refractivity contribution is 5.58. The van der Waals surface area contributed by atoms with Gasteiger partial charge in [-0.2, -0.15) is 49.5 Å². The molecule has 3 atom stereocenters. The number of nitrogens with two attached hydrogens (primary N) is 1. The number of rotatable bonds is 18. The van der Waals surface area contributed by atoms with Gasteiger partial charge in [0.05, 0.1) is 47.0 Å². The van der Waals surface area contributed by atoms with Crippen molar-refractivity contribution >= 4 is 46.8 Å². The summed E-state index contributed by atoms with van der Waals surface area (Å²) in [5.41, 5.74) is 7.51. The summed E-state index contributed by atoms with van der Waals surface area (Å²) in [4.78, 5) is 46.7. The van der Waals surface area contributed by atoms with Crippen molar-refractivity contribution in [2.75, 3.05) is 91.3 Å². The molecule has 4 aliphatic heterocycles. The molecule has 0 spiro atoms. The summed E-state index contributed by atoms with van der Waals surface area (Å²) in [6, 6.07) is 11.7. The Bertz CT molecular complexity index is 3280. The van der Waals surface area contributed by atoms with Gasteiger partial charge in [-0.15, -0.1) is 0 Å². The quantitative estimate of drug-likeness (QED) is 0.0507. The van der Waals surface area contributed by atoms with Crippen LogP contribution in [0.1, 0.15) is 169 Å². The highest BCUT2D eigenvalue weighted by Crippen LogP contribution is 2.37. The number of likely N-dealkylation sites (tertiary alicyclic amines) is 1. The summed E-state index contributed by atoms with van der Waals surface area (Å²) in [7, 11) is 0. The second-order valence-corrected chi connectivity index (χ2v) is 23.2. The van der Waals surface area contributed by atoms with Crippen LogP contribution in [0.5, 0.6) is 0 Å². The van der Waals surface area contributed by atoms with E-state index in [1.54, 1.807) is 6.07 Å². The van der Waals surface area contributed by atoms with Gasteiger partial charge in [-0.3, -0.25) is 0 Å². The van der Waals surface area contributed by atoms with E-state index in [0.29, 0.717) is 80.0 Å². The Labute approximate surface area is 520 Å². The van der Waals surface area contributed by atoms with Crippen molar-refractivity contribution < 1.29 is 44.3 Å². The van der Waals surface area contributed by atoms with Gasteiger partial charge >= 0.3 is 18.5 Å². The molecule has 2 unspecified atom stereocenters. The van der Waals surface area contributed by atoms with E-state index in [-0.39, 0.29) is 35.2 Å². The first-order valence-electron chi connectivity index (χ1n) is 30.9. The lowest BCUT2D eigenvalue weighted by molar-refractivity contribution is -0.138. The first-order chi connectivity index (χ1) is 43.0. The third-order valence-corrected chi connectivity index (χ3v) is 16.2. The number of piperidine rings is 2. The number of allylic oxidation sites excluding steroid dienone is 2. The van der Waals surface area contributed by atoms with Gasteiger partial charge in [-0.25, -0.2) is 34.9 Å². The van der Waals surface area contributed by atoms with Gasteiger partial charge in [0.15, 0.2) is 0 Å². The highest BCUT2D eigenvalue weighted by Gasteiger charge is 2.34. The molecule has 10 heterocycles. The zero-order chi connectivity index (χ0) is 64.6. The first kappa shape index (κ1) is 68.4. The van der Waals surface area contributed by atoms with Crippen molar-refractivity contribution in [3.05, 3.63) is 125 Å². The minimum absolute atomic E-state index is 0.0799. The summed E-state index contributed by atoms with van der Waals surface area (Å²) in [5, 5.41) is 12.2. The van der Waals surface area contributed by atoms with Crippen molar-refractivity contribution in [2.45, 2.75) is 154 Å². The minimum Gasteiger partial charge on any atom is -0.378 e. The Hall–Kier alpha value is -7.52. The Balaban J connectivity index is 0.000000174. The number of alkyl halides is 9. The van der Waals surface area contributed by atoms with Crippen LogP contribution in [0.3, 0.4) is 0 Å². The number of pyridine rings is 3. The molecule has 0 radical (unpaired) electrons. The van der Waals surface area contributed by atoms with Crippen LogP contribution in [0.2, 0.25) is 0 Å². The first-order valence-corrected chi connectivity index (χ1v) is 30.9. The number of aromatic nitrogens is 9. The van der Waals surface area contributed by atoms with Crippen molar-refractivity contribution in [1.29, 1.82) is 0 Å². The number of nitrogens with zero attached hydrogens (tertiary/aromatic N) is 12. The Morgan fingerprint density at radius 1 is 0.644 bits per heavy atom. The molecule has 6 aromatic rings. The number of unbranched alkanes of at least 4 members (excludes halogenated alkanes) is 1. The maximum absolute atomic E-state index is 13.1. The second-order valence-electron chi connectivity index (χ2n) is 23.2. The van der Waals surface area contributed by atoms with E-state index in [9.17, 15) is 39.5 Å². The lowest BCUT2D eigenvalue weighted by Crippen LogP contribution is -2.37. The average molecular weight is 1260 g/mol. The largest absolute Gasteiger partial charge is 0.416 e. The van der Waals surface area contributed by atoms with E-state index < -0.39 is 35.2 Å². The molecule has 0 amide bonds. The molecule has 10 rings (SSSR count). The van der Waals surface area contributed by atoms with Gasteiger partial charge in [0.1, 0.15) is 40.7 Å². The Morgan fingerprint density at radius 2 is 1.18 bits per heavy atom. The average Bonchev–Trinajstić information content (AvgIpc) is 1.42. The molecule has 0 bridgehead atoms. The van der Waals surface area contributed by atoms with Crippen molar-refractivity contribution in [1.82, 2.24) is 55.1 Å². The molecule has 27 heteroatoms. The number of hydrogen-bond donors (Lipinski definition) is 5. The minimum atomic E-state index is -4.44. The van der Waals surface area contributed by atoms with Gasteiger partial charge in [0.2, 0.25) is 11.9 Å². The molecular formula is C63H82F9N17O. The number of halogens is 9. The highest BCUT2D eigenvalue weighted by atomic mass is 19.4. The fourth-order valence-corrected chi connectivity index (χ4v) is 11.1. The molecule has 90 heavy (non-hydrogen) atoms. The van der Waals surface area contributed by atoms with E-state index in [1.165, 1.54) is 5.70 Å². The van der Waals surface area contributed by atoms with Gasteiger partial charge in [0, 0.05) is 105 Å². The summed E-state index contributed by atoms with van der Waals surface area (Å²) >= 11 is 0. The smallest absolute Gasteiger partial charge is 0.378 e. The molecular weight excluding hydrogens is 1180 g/mol. The van der Waals surface area contributed by atoms with E-state index in [4.69, 9.17) is 25.4 Å². The van der Waals surface area contributed by atoms with E-state index >= 15 is 0 Å². The zero-order valence-electron chi connectivity index (χ0n) is 51.8. The summed E-state index contributed by atoms with van der Waals surface area (Å²) in [6.45, 7) is 20.1. The zero-order valence-corrected chi connectivity index (χ0v) is 51.8. The molecule has 4 saturated heterocycles. The van der Waals surface area contributed by atoms with Gasteiger partial charge in [-0.05, 0) is 128 Å². The van der Waals surface area contributed by atoms with Crippen LogP contribution in [-0.2, 0) is 23.3 Å². The van der Waals surface area contributed by atoms with Gasteiger partial charge < -0.3 is 46.4 Å². The van der Waals surface area contributed by atoms with Crippen LogP contribution in [-0.4, -0.2) is 121 Å². The van der Waals surface area contributed by atoms with Gasteiger partial charge in [0.25, 0.3) is 0 Å². The summed E-state index contributed by atoms with van der Waals surface area (Å²) < 4.78 is 123. The number of hydrogen-bond acceptors (Lipinski definition) is 18. The number of morpholine rings is 1. The van der Waals surface area contributed by atoms with Crippen LogP contribution in [0.15, 0.2) is 85.0 Å². The normalized spacial score (nSPS) is 18.1. The third-order valence-electron chi connectivity index (χ3n) is 16.2. The lowest BCUT2D eigenvalue weighted by atomic mass is 9.93. The molecule has 0 aromatic carbocycles. The monoisotopic (exact) mass is 1260 g/mol. The number of anilines is 8. The van der Waals surface area contributed by atoms with Gasteiger partial charge in [-0.1, -0.05) is 39.7 Å².